The van der Waals surface area contributed by atoms with Crippen LogP contribution in [0.5, 0.6) is 0 Å². The number of hydrogen-bond donors (Lipinski definition) is 8. The van der Waals surface area contributed by atoms with Gasteiger partial charge in [0.1, 0.15) is 12.1 Å². The van der Waals surface area contributed by atoms with Gasteiger partial charge in [0.15, 0.2) is 6.04 Å². The number of nitrogens with zero attached hydrogens (tertiary/aromatic N) is 1. The van der Waals surface area contributed by atoms with Crippen molar-refractivity contribution in [2.45, 2.75) is 69.3 Å². The minimum atomic E-state index is -1.59. The van der Waals surface area contributed by atoms with Gasteiger partial charge in [0.05, 0.1) is 18.5 Å². The SMILES string of the molecule is CC(O)C(NC(=O)C(Cc1cnc[nH]1)NC(=O)C(Cc1ccccc1)NC(=O)C(N)CCCCN)C(=O)O. The smallest absolute Gasteiger partial charge is 0.328 e. The van der Waals surface area contributed by atoms with E-state index in [0.29, 0.717) is 31.5 Å². The molecule has 0 aliphatic rings. The fourth-order valence-corrected chi connectivity index (χ4v) is 3.72. The third kappa shape index (κ3) is 9.92. The number of imidazole rings is 1. The summed E-state index contributed by atoms with van der Waals surface area (Å²) in [5.74, 6) is -3.45. The van der Waals surface area contributed by atoms with Crippen LogP contribution in [-0.2, 0) is 32.0 Å². The van der Waals surface area contributed by atoms with Gasteiger partial charge in [-0.25, -0.2) is 9.78 Å². The van der Waals surface area contributed by atoms with Crippen molar-refractivity contribution in [2.75, 3.05) is 6.54 Å². The number of carbonyl (C=O) groups excluding carboxylic acids is 3. The van der Waals surface area contributed by atoms with Gasteiger partial charge in [0.25, 0.3) is 0 Å². The third-order valence-electron chi connectivity index (χ3n) is 5.88. The summed E-state index contributed by atoms with van der Waals surface area (Å²) in [6, 6.07) is 4.24. The third-order valence-corrected chi connectivity index (χ3v) is 5.88. The molecule has 10 N–H and O–H groups in total. The van der Waals surface area contributed by atoms with E-state index in [2.05, 4.69) is 25.9 Å². The highest BCUT2D eigenvalue weighted by Gasteiger charge is 2.32. The molecule has 5 atom stereocenters. The number of nitrogens with two attached hydrogens (primary N) is 2. The second-order valence-corrected chi connectivity index (χ2v) is 9.05. The predicted molar refractivity (Wildman–Crippen MR) is 138 cm³/mol. The largest absolute Gasteiger partial charge is 0.480 e. The zero-order chi connectivity index (χ0) is 28.1. The summed E-state index contributed by atoms with van der Waals surface area (Å²) in [6.07, 6.45) is 3.30. The van der Waals surface area contributed by atoms with Gasteiger partial charge in [-0.3, -0.25) is 14.4 Å². The van der Waals surface area contributed by atoms with Crippen molar-refractivity contribution in [3.05, 3.63) is 54.1 Å². The molecule has 0 aliphatic heterocycles. The van der Waals surface area contributed by atoms with Crippen LogP contribution < -0.4 is 27.4 Å². The molecule has 1 aromatic carbocycles. The Balaban J connectivity index is 2.23. The summed E-state index contributed by atoms with van der Waals surface area (Å²) in [5, 5.41) is 26.7. The monoisotopic (exact) mass is 531 g/mol. The molecule has 2 rings (SSSR count). The molecule has 2 aromatic rings. The second kappa shape index (κ2) is 15.4. The molecule has 1 heterocycles. The van der Waals surface area contributed by atoms with Gasteiger partial charge in [-0.15, -0.1) is 0 Å². The van der Waals surface area contributed by atoms with Crippen LogP contribution in [-0.4, -0.2) is 80.7 Å². The van der Waals surface area contributed by atoms with Gasteiger partial charge in [-0.2, -0.15) is 0 Å². The Hall–Kier alpha value is -3.81. The number of aliphatic hydroxyl groups is 1. The Morgan fingerprint density at radius 3 is 2.18 bits per heavy atom. The summed E-state index contributed by atoms with van der Waals surface area (Å²) in [6.45, 7) is 1.70. The van der Waals surface area contributed by atoms with Crippen molar-refractivity contribution < 1.29 is 29.4 Å². The lowest BCUT2D eigenvalue weighted by molar-refractivity contribution is -0.145. The first-order valence-corrected chi connectivity index (χ1v) is 12.4. The molecule has 0 spiro atoms. The summed E-state index contributed by atoms with van der Waals surface area (Å²) in [7, 11) is 0. The number of carboxylic acid groups (broad SMARTS) is 1. The predicted octanol–water partition coefficient (Wildman–Crippen LogP) is -1.43. The number of rotatable bonds is 16. The number of carbonyl (C=O) groups is 4. The minimum Gasteiger partial charge on any atom is -0.480 e. The van der Waals surface area contributed by atoms with Crippen molar-refractivity contribution in [3.63, 3.8) is 0 Å². The van der Waals surface area contributed by atoms with Crippen molar-refractivity contribution >= 4 is 23.7 Å². The molecule has 0 bridgehead atoms. The van der Waals surface area contributed by atoms with Gasteiger partial charge >= 0.3 is 5.97 Å². The van der Waals surface area contributed by atoms with E-state index in [9.17, 15) is 29.4 Å². The number of H-pyrrole nitrogens is 1. The number of amides is 3. The topological polar surface area (TPSA) is 226 Å². The van der Waals surface area contributed by atoms with Crippen LogP contribution in [0.2, 0.25) is 0 Å². The highest BCUT2D eigenvalue weighted by molar-refractivity contribution is 5.94. The number of aliphatic hydroxyl groups excluding tert-OH is 1. The van der Waals surface area contributed by atoms with Gasteiger partial charge < -0.3 is 42.6 Å². The minimum absolute atomic E-state index is 0.0473. The van der Waals surface area contributed by atoms with Gasteiger partial charge in [0.2, 0.25) is 17.7 Å². The fourth-order valence-electron chi connectivity index (χ4n) is 3.72. The maximum absolute atomic E-state index is 13.4. The molecule has 3 amide bonds. The van der Waals surface area contributed by atoms with Gasteiger partial charge in [-0.1, -0.05) is 36.8 Å². The maximum Gasteiger partial charge on any atom is 0.328 e. The molecule has 13 nitrogen and oxygen atoms in total. The van der Waals surface area contributed by atoms with Crippen LogP contribution in [0.4, 0.5) is 0 Å². The number of unbranched alkanes of at least 4 members (excludes halogenated alkanes) is 1. The molecule has 0 saturated heterocycles. The molecule has 208 valence electrons. The fraction of sp³-hybridized carbons (Fsp3) is 0.480. The van der Waals surface area contributed by atoms with Crippen molar-refractivity contribution in [3.8, 4) is 0 Å². The van der Waals surface area contributed by atoms with Crippen LogP contribution in [0.15, 0.2) is 42.9 Å². The average Bonchev–Trinajstić information content (AvgIpc) is 3.39. The summed E-state index contributed by atoms with van der Waals surface area (Å²) in [5.41, 5.74) is 12.8. The van der Waals surface area contributed by atoms with E-state index < -0.39 is 54.0 Å². The summed E-state index contributed by atoms with van der Waals surface area (Å²) < 4.78 is 0. The maximum atomic E-state index is 13.4. The van der Waals surface area contributed by atoms with E-state index in [0.717, 1.165) is 5.56 Å². The zero-order valence-corrected chi connectivity index (χ0v) is 21.3. The number of aliphatic carboxylic acids is 1. The highest BCUT2D eigenvalue weighted by atomic mass is 16.4. The van der Waals surface area contributed by atoms with Crippen LogP contribution in [0.25, 0.3) is 0 Å². The number of aromatic nitrogens is 2. The molecular weight excluding hydrogens is 494 g/mol. The van der Waals surface area contributed by atoms with E-state index in [1.807, 2.05) is 6.07 Å². The normalized spacial score (nSPS) is 14.9. The lowest BCUT2D eigenvalue weighted by Gasteiger charge is -2.25. The zero-order valence-electron chi connectivity index (χ0n) is 21.3. The Morgan fingerprint density at radius 1 is 0.974 bits per heavy atom. The lowest BCUT2D eigenvalue weighted by Crippen LogP contribution is -2.59. The van der Waals surface area contributed by atoms with E-state index in [1.165, 1.54) is 19.4 Å². The van der Waals surface area contributed by atoms with Gasteiger partial charge in [-0.05, 0) is 31.9 Å². The summed E-state index contributed by atoms with van der Waals surface area (Å²) >= 11 is 0. The first-order valence-electron chi connectivity index (χ1n) is 12.4. The molecule has 0 fully saturated rings. The molecule has 0 aliphatic carbocycles. The van der Waals surface area contributed by atoms with Crippen molar-refractivity contribution in [1.82, 2.24) is 25.9 Å². The molecule has 38 heavy (non-hydrogen) atoms. The number of carboxylic acids is 1. The lowest BCUT2D eigenvalue weighted by atomic mass is 10.0. The van der Waals surface area contributed by atoms with Crippen molar-refractivity contribution in [1.29, 1.82) is 0 Å². The standard InChI is InChI=1S/C25H37N7O6/c1-15(33)21(25(37)38)32-24(36)20(12-17-13-28-14-29-17)31-23(35)19(11-16-7-3-2-4-8-16)30-22(34)18(27)9-5-6-10-26/h2-4,7-8,13-15,18-21,33H,5-6,9-12,26-27H2,1H3,(H,28,29)(H,30,34)(H,31,35)(H,32,36)(H,37,38). The quantitative estimate of drug-likeness (QED) is 0.119. The van der Waals surface area contributed by atoms with E-state index in [4.69, 9.17) is 11.5 Å². The first-order chi connectivity index (χ1) is 18.1. The van der Waals surface area contributed by atoms with E-state index in [1.54, 1.807) is 24.3 Å². The van der Waals surface area contributed by atoms with Crippen LogP contribution in [0, 0.1) is 0 Å². The molecule has 13 heteroatoms. The second-order valence-electron chi connectivity index (χ2n) is 9.05. The number of nitrogens with one attached hydrogen (secondary N) is 4. The first kappa shape index (κ1) is 30.4. The molecular formula is C25H37N7O6. The number of benzene rings is 1. The number of aromatic amines is 1. The Kier molecular flexibility index (Phi) is 12.4. The molecule has 0 saturated carbocycles. The summed E-state index contributed by atoms with van der Waals surface area (Å²) in [4.78, 5) is 57.4. The van der Waals surface area contributed by atoms with E-state index >= 15 is 0 Å². The molecule has 0 radical (unpaired) electrons. The molecule has 5 unspecified atom stereocenters. The average molecular weight is 532 g/mol. The molecule has 1 aromatic heterocycles. The van der Waals surface area contributed by atoms with Crippen LogP contribution in [0.1, 0.15) is 37.4 Å². The Labute approximate surface area is 220 Å². The van der Waals surface area contributed by atoms with Gasteiger partial charge in [0, 0.05) is 24.7 Å². The Morgan fingerprint density at radius 2 is 1.61 bits per heavy atom. The number of hydrogen-bond acceptors (Lipinski definition) is 8. The van der Waals surface area contributed by atoms with E-state index in [-0.39, 0.29) is 12.8 Å². The van der Waals surface area contributed by atoms with Crippen molar-refractivity contribution in [2.24, 2.45) is 11.5 Å². The Bertz CT molecular complexity index is 1030. The van der Waals surface area contributed by atoms with Crippen LogP contribution in [0.3, 0.4) is 0 Å². The highest BCUT2D eigenvalue weighted by Crippen LogP contribution is 2.07. The van der Waals surface area contributed by atoms with Crippen LogP contribution >= 0.6 is 0 Å².